The monoisotopic (exact) mass is 470 g/mol. The molecule has 2 heterocycles. The van der Waals surface area contributed by atoms with Crippen LogP contribution in [0.4, 0.5) is 0 Å². The van der Waals surface area contributed by atoms with Gasteiger partial charge in [-0.15, -0.1) is 0 Å². The molecule has 6 heteroatoms. The lowest BCUT2D eigenvalue weighted by Crippen LogP contribution is -2.63. The first-order chi connectivity index (χ1) is 16.1. The SMILES string of the molecule is CC1=C(CO)C(=O)OC([C@@H](C)C2CCC3C4CC5OC56[C@@H](O)C=CC(=O)[C@]6(C)C4CC[C@@]32C)C1. The smallest absolute Gasteiger partial charge is 0.336 e. The van der Waals surface area contributed by atoms with Gasteiger partial charge in [-0.05, 0) is 93.1 Å². The molecular formula is C28H38O6. The molecule has 1 saturated heterocycles. The lowest BCUT2D eigenvalue weighted by molar-refractivity contribution is -0.155. The summed E-state index contributed by atoms with van der Waals surface area (Å²) in [4.78, 5) is 25.8. The molecule has 11 atom stereocenters. The second-order valence-electron chi connectivity index (χ2n) is 12.5. The van der Waals surface area contributed by atoms with E-state index in [1.807, 2.05) is 6.92 Å². The summed E-state index contributed by atoms with van der Waals surface area (Å²) in [6, 6.07) is 0. The number of aliphatic hydroxyl groups is 2. The summed E-state index contributed by atoms with van der Waals surface area (Å²) < 4.78 is 12.1. The van der Waals surface area contributed by atoms with Gasteiger partial charge in [0.25, 0.3) is 0 Å². The Labute approximate surface area is 201 Å². The third kappa shape index (κ3) is 2.63. The summed E-state index contributed by atoms with van der Waals surface area (Å²) in [5.41, 5.74) is 0.129. The van der Waals surface area contributed by atoms with Gasteiger partial charge in [-0.25, -0.2) is 4.79 Å². The third-order valence-electron chi connectivity index (χ3n) is 11.6. The van der Waals surface area contributed by atoms with Gasteiger partial charge in [-0.1, -0.05) is 19.4 Å². The molecule has 6 rings (SSSR count). The highest BCUT2D eigenvalue weighted by atomic mass is 16.6. The lowest BCUT2D eigenvalue weighted by Gasteiger charge is -2.58. The average Bonchev–Trinajstić information content (AvgIpc) is 3.43. The zero-order chi connectivity index (χ0) is 24.2. The predicted octanol–water partition coefficient (Wildman–Crippen LogP) is 3.35. The van der Waals surface area contributed by atoms with Crippen LogP contribution in [-0.4, -0.2) is 52.5 Å². The third-order valence-corrected chi connectivity index (χ3v) is 11.6. The minimum atomic E-state index is -0.719. The minimum Gasteiger partial charge on any atom is -0.458 e. The summed E-state index contributed by atoms with van der Waals surface area (Å²) in [6.45, 7) is 8.41. The van der Waals surface area contributed by atoms with Crippen molar-refractivity contribution >= 4 is 11.8 Å². The van der Waals surface area contributed by atoms with Crippen LogP contribution >= 0.6 is 0 Å². The van der Waals surface area contributed by atoms with Gasteiger partial charge >= 0.3 is 5.97 Å². The first-order valence-electron chi connectivity index (χ1n) is 13.2. The van der Waals surface area contributed by atoms with Crippen LogP contribution in [0.5, 0.6) is 0 Å². The van der Waals surface area contributed by atoms with E-state index in [2.05, 4.69) is 20.8 Å². The molecule has 0 aromatic carbocycles. The molecule has 186 valence electrons. The van der Waals surface area contributed by atoms with E-state index in [4.69, 9.17) is 9.47 Å². The lowest BCUT2D eigenvalue weighted by atomic mass is 9.44. The standard InChI is InChI=1S/C28H38O6/c1-14-11-21(33-25(32)17(14)13-29)15(2)18-5-6-19-16-12-24-28(34-24)23(31)8-7-22(30)27(28,4)20(16)9-10-26(18,19)3/h7-8,15-16,18-21,23-24,29,31H,5-6,9-13H2,1-4H3/t15-,16?,18?,19?,20?,21?,23-,24?,26+,27-,28?/m0/s1. The van der Waals surface area contributed by atoms with Crippen LogP contribution in [0.2, 0.25) is 0 Å². The summed E-state index contributed by atoms with van der Waals surface area (Å²) in [5.74, 6) is 1.61. The fourth-order valence-corrected chi connectivity index (χ4v) is 9.69. The summed E-state index contributed by atoms with van der Waals surface area (Å²) in [6.07, 6.45) is 8.23. The number of allylic oxidation sites excluding steroid dienone is 1. The number of hydrogen-bond donors (Lipinski definition) is 2. The van der Waals surface area contributed by atoms with Crippen molar-refractivity contribution in [1.82, 2.24) is 0 Å². The van der Waals surface area contributed by atoms with Crippen molar-refractivity contribution in [2.24, 2.45) is 40.4 Å². The summed E-state index contributed by atoms with van der Waals surface area (Å²) in [7, 11) is 0. The van der Waals surface area contributed by atoms with Gasteiger partial charge in [-0.2, -0.15) is 0 Å². The number of cyclic esters (lactones) is 1. The molecule has 3 saturated carbocycles. The Bertz CT molecular complexity index is 999. The molecule has 4 aliphatic carbocycles. The predicted molar refractivity (Wildman–Crippen MR) is 124 cm³/mol. The number of epoxide rings is 1. The molecule has 4 fully saturated rings. The fourth-order valence-electron chi connectivity index (χ4n) is 9.69. The molecule has 0 aromatic heterocycles. The van der Waals surface area contributed by atoms with Crippen LogP contribution in [0.25, 0.3) is 0 Å². The summed E-state index contributed by atoms with van der Waals surface area (Å²) >= 11 is 0. The van der Waals surface area contributed by atoms with E-state index in [0.717, 1.165) is 37.7 Å². The molecule has 0 radical (unpaired) electrons. The number of hydrogen-bond acceptors (Lipinski definition) is 6. The van der Waals surface area contributed by atoms with Crippen LogP contribution in [0.15, 0.2) is 23.3 Å². The van der Waals surface area contributed by atoms with Crippen molar-refractivity contribution in [2.75, 3.05) is 6.61 Å². The molecule has 1 spiro atoms. The van der Waals surface area contributed by atoms with Gasteiger partial charge in [-0.3, -0.25) is 4.79 Å². The largest absolute Gasteiger partial charge is 0.458 e. The molecule has 2 aliphatic heterocycles. The van der Waals surface area contributed by atoms with Crippen LogP contribution < -0.4 is 0 Å². The number of esters is 1. The van der Waals surface area contributed by atoms with E-state index in [1.54, 1.807) is 12.2 Å². The molecule has 0 aromatic rings. The maximum absolute atomic E-state index is 13.3. The van der Waals surface area contributed by atoms with E-state index in [1.165, 1.54) is 0 Å². The molecule has 0 amide bonds. The van der Waals surface area contributed by atoms with Crippen LogP contribution in [0.3, 0.4) is 0 Å². The van der Waals surface area contributed by atoms with E-state index < -0.39 is 17.1 Å². The molecule has 34 heavy (non-hydrogen) atoms. The molecule has 6 aliphatic rings. The number of carbonyl (C=O) groups is 2. The van der Waals surface area contributed by atoms with Gasteiger partial charge in [0.15, 0.2) is 5.78 Å². The van der Waals surface area contributed by atoms with Crippen LogP contribution in [0.1, 0.15) is 66.2 Å². The molecular weight excluding hydrogens is 432 g/mol. The topological polar surface area (TPSA) is 96.4 Å². The Kier molecular flexibility index (Phi) is 4.90. The highest BCUT2D eigenvalue weighted by molar-refractivity contribution is 5.98. The summed E-state index contributed by atoms with van der Waals surface area (Å²) in [5, 5.41) is 20.4. The van der Waals surface area contributed by atoms with Crippen LogP contribution in [0, 0.1) is 40.4 Å². The second-order valence-corrected chi connectivity index (χ2v) is 12.5. The Morgan fingerprint density at radius 3 is 2.65 bits per heavy atom. The maximum atomic E-state index is 13.3. The normalized spacial score (nSPS) is 52.4. The zero-order valence-corrected chi connectivity index (χ0v) is 20.8. The van der Waals surface area contributed by atoms with Crippen molar-refractivity contribution in [3.8, 4) is 0 Å². The second kappa shape index (κ2) is 7.27. The molecule has 2 N–H and O–H groups in total. The van der Waals surface area contributed by atoms with Crippen molar-refractivity contribution < 1.29 is 29.3 Å². The van der Waals surface area contributed by atoms with E-state index in [0.29, 0.717) is 29.7 Å². The number of aliphatic hydroxyl groups excluding tert-OH is 2. The van der Waals surface area contributed by atoms with Gasteiger partial charge in [0.05, 0.1) is 23.7 Å². The van der Waals surface area contributed by atoms with E-state index >= 15 is 0 Å². The first-order valence-corrected chi connectivity index (χ1v) is 13.2. The van der Waals surface area contributed by atoms with Gasteiger partial charge in [0, 0.05) is 6.42 Å². The number of ether oxygens (including phenoxy) is 2. The van der Waals surface area contributed by atoms with Gasteiger partial charge in [0.2, 0.25) is 0 Å². The van der Waals surface area contributed by atoms with E-state index in [-0.39, 0.29) is 47.8 Å². The highest BCUT2D eigenvalue weighted by Crippen LogP contribution is 2.73. The van der Waals surface area contributed by atoms with Crippen LogP contribution in [-0.2, 0) is 19.1 Å². The first kappa shape index (κ1) is 22.9. The molecule has 7 unspecified atom stereocenters. The Balaban J connectivity index is 1.27. The maximum Gasteiger partial charge on any atom is 0.336 e. The quantitative estimate of drug-likeness (QED) is 0.485. The number of ketones is 1. The Morgan fingerprint density at radius 1 is 1.18 bits per heavy atom. The number of carbonyl (C=O) groups excluding carboxylic acids is 2. The van der Waals surface area contributed by atoms with Gasteiger partial charge < -0.3 is 19.7 Å². The van der Waals surface area contributed by atoms with Crippen molar-refractivity contribution in [3.63, 3.8) is 0 Å². The molecule has 0 bridgehead atoms. The van der Waals surface area contributed by atoms with Crippen molar-refractivity contribution in [1.29, 1.82) is 0 Å². The highest BCUT2D eigenvalue weighted by Gasteiger charge is 2.80. The minimum absolute atomic E-state index is 0.0366. The number of fused-ring (bicyclic) bond motifs is 4. The van der Waals surface area contributed by atoms with Gasteiger partial charge in [0.1, 0.15) is 17.8 Å². The van der Waals surface area contributed by atoms with Crippen molar-refractivity contribution in [2.45, 2.75) is 90.1 Å². The fraction of sp³-hybridized carbons (Fsp3) is 0.786. The van der Waals surface area contributed by atoms with E-state index in [9.17, 15) is 19.8 Å². The Hall–Kier alpha value is -1.50. The number of rotatable bonds is 3. The zero-order valence-electron chi connectivity index (χ0n) is 20.8. The Morgan fingerprint density at radius 2 is 1.94 bits per heavy atom. The molecule has 6 nitrogen and oxygen atoms in total. The average molecular weight is 471 g/mol. The van der Waals surface area contributed by atoms with Crippen molar-refractivity contribution in [3.05, 3.63) is 23.3 Å².